The summed E-state index contributed by atoms with van der Waals surface area (Å²) in [6.07, 6.45) is 0. The van der Waals surface area contributed by atoms with Gasteiger partial charge in [0.15, 0.2) is 0 Å². The molecule has 5 heteroatoms. The van der Waals surface area contributed by atoms with E-state index in [1.165, 1.54) is 23.9 Å². The Labute approximate surface area is 122 Å². The molecule has 0 heterocycles. The van der Waals surface area contributed by atoms with Gasteiger partial charge in [-0.25, -0.2) is 9.18 Å². The van der Waals surface area contributed by atoms with Gasteiger partial charge in [0.25, 0.3) is 0 Å². The molecule has 0 fully saturated rings. The Morgan fingerprint density at radius 2 is 2.00 bits per heavy atom. The fraction of sp³-hybridized carbons (Fsp3) is 0.0714. The van der Waals surface area contributed by atoms with Crippen molar-refractivity contribution in [1.82, 2.24) is 0 Å². The Bertz CT molecular complexity index is 616. The van der Waals surface area contributed by atoms with Crippen molar-refractivity contribution < 1.29 is 14.3 Å². The lowest BCUT2D eigenvalue weighted by atomic mass is 10.1. The van der Waals surface area contributed by atoms with Crippen molar-refractivity contribution in [3.05, 3.63) is 63.9 Å². The van der Waals surface area contributed by atoms with Crippen LogP contribution < -0.4 is 0 Å². The normalized spacial score (nSPS) is 10.4. The van der Waals surface area contributed by atoms with Crippen molar-refractivity contribution in [2.45, 2.75) is 10.6 Å². The Kier molecular flexibility index (Phi) is 4.61. The van der Waals surface area contributed by atoms with E-state index < -0.39 is 11.8 Å². The molecule has 0 saturated heterocycles. The van der Waals surface area contributed by atoms with E-state index in [1.54, 1.807) is 0 Å². The van der Waals surface area contributed by atoms with Crippen LogP contribution in [0.2, 0.25) is 0 Å². The average molecular weight is 341 g/mol. The van der Waals surface area contributed by atoms with E-state index in [4.69, 9.17) is 5.11 Å². The lowest BCUT2D eigenvalue weighted by Gasteiger charge is -2.06. The highest BCUT2D eigenvalue weighted by Crippen LogP contribution is 2.30. The molecule has 2 aromatic carbocycles. The molecule has 0 unspecified atom stereocenters. The van der Waals surface area contributed by atoms with Gasteiger partial charge in [0.1, 0.15) is 5.82 Å². The van der Waals surface area contributed by atoms with Gasteiger partial charge < -0.3 is 5.11 Å². The molecule has 0 aromatic heterocycles. The summed E-state index contributed by atoms with van der Waals surface area (Å²) in [7, 11) is 0. The standard InChI is InChI=1S/C14H10BrFO2S/c15-11-3-1-2-4-13(11)19-8-10-6-5-9(14(17)18)7-12(10)16/h1-7H,8H2,(H,17,18). The molecule has 1 N–H and O–H groups in total. The van der Waals surface area contributed by atoms with Crippen LogP contribution in [-0.2, 0) is 5.75 Å². The number of carboxylic acid groups (broad SMARTS) is 1. The predicted molar refractivity (Wildman–Crippen MR) is 77.1 cm³/mol. The summed E-state index contributed by atoms with van der Waals surface area (Å²) >= 11 is 4.92. The largest absolute Gasteiger partial charge is 0.478 e. The van der Waals surface area contributed by atoms with Crippen molar-refractivity contribution in [2.24, 2.45) is 0 Å². The van der Waals surface area contributed by atoms with Gasteiger partial charge in [-0.15, -0.1) is 11.8 Å². The molecule has 0 aliphatic carbocycles. The molecule has 0 radical (unpaired) electrons. The van der Waals surface area contributed by atoms with Crippen molar-refractivity contribution >= 4 is 33.7 Å². The van der Waals surface area contributed by atoms with Gasteiger partial charge in [-0.2, -0.15) is 0 Å². The van der Waals surface area contributed by atoms with Gasteiger partial charge in [0, 0.05) is 15.1 Å². The zero-order chi connectivity index (χ0) is 13.8. The third kappa shape index (κ3) is 3.58. The zero-order valence-corrected chi connectivity index (χ0v) is 12.2. The zero-order valence-electron chi connectivity index (χ0n) is 9.77. The molecule has 0 aliphatic heterocycles. The highest BCUT2D eigenvalue weighted by atomic mass is 79.9. The quantitative estimate of drug-likeness (QED) is 0.827. The number of thioether (sulfide) groups is 1. The maximum Gasteiger partial charge on any atom is 0.335 e. The first-order chi connectivity index (χ1) is 9.08. The van der Waals surface area contributed by atoms with Crippen LogP contribution in [0.4, 0.5) is 4.39 Å². The Morgan fingerprint density at radius 1 is 1.26 bits per heavy atom. The van der Waals surface area contributed by atoms with Crippen LogP contribution in [0.5, 0.6) is 0 Å². The number of hydrogen-bond donors (Lipinski definition) is 1. The number of halogens is 2. The van der Waals surface area contributed by atoms with E-state index in [0.29, 0.717) is 11.3 Å². The Balaban J connectivity index is 2.12. The third-order valence-electron chi connectivity index (χ3n) is 2.52. The topological polar surface area (TPSA) is 37.3 Å². The van der Waals surface area contributed by atoms with Gasteiger partial charge in [0.05, 0.1) is 5.56 Å². The van der Waals surface area contributed by atoms with E-state index >= 15 is 0 Å². The maximum atomic E-state index is 13.7. The fourth-order valence-electron chi connectivity index (χ4n) is 1.51. The number of aromatic carboxylic acids is 1. The molecule has 19 heavy (non-hydrogen) atoms. The van der Waals surface area contributed by atoms with Crippen molar-refractivity contribution in [3.8, 4) is 0 Å². The average Bonchev–Trinajstić information content (AvgIpc) is 2.39. The molecule has 2 aromatic rings. The van der Waals surface area contributed by atoms with Gasteiger partial charge in [-0.1, -0.05) is 18.2 Å². The number of carboxylic acids is 1. The number of rotatable bonds is 4. The van der Waals surface area contributed by atoms with Crippen LogP contribution in [0, 0.1) is 5.82 Å². The first-order valence-corrected chi connectivity index (χ1v) is 7.25. The minimum atomic E-state index is -1.12. The van der Waals surface area contributed by atoms with Gasteiger partial charge in [-0.05, 0) is 45.8 Å². The van der Waals surface area contributed by atoms with Crippen molar-refractivity contribution in [3.63, 3.8) is 0 Å². The molecule has 0 bridgehead atoms. The molecule has 2 nitrogen and oxygen atoms in total. The molecule has 0 atom stereocenters. The highest BCUT2D eigenvalue weighted by Gasteiger charge is 2.09. The van der Waals surface area contributed by atoms with E-state index in [1.807, 2.05) is 24.3 Å². The van der Waals surface area contributed by atoms with Crippen LogP contribution in [0.1, 0.15) is 15.9 Å². The first kappa shape index (κ1) is 14.1. The van der Waals surface area contributed by atoms with Gasteiger partial charge >= 0.3 is 5.97 Å². The summed E-state index contributed by atoms with van der Waals surface area (Å²) in [5, 5.41) is 8.77. The van der Waals surface area contributed by atoms with Crippen LogP contribution in [0.15, 0.2) is 51.8 Å². The van der Waals surface area contributed by atoms with Crippen molar-refractivity contribution in [1.29, 1.82) is 0 Å². The molecule has 98 valence electrons. The first-order valence-electron chi connectivity index (χ1n) is 5.47. The number of benzene rings is 2. The second-order valence-electron chi connectivity index (χ2n) is 3.83. The lowest BCUT2D eigenvalue weighted by Crippen LogP contribution is -1.98. The summed E-state index contributed by atoms with van der Waals surface area (Å²) in [6, 6.07) is 11.7. The minimum absolute atomic E-state index is 0.0351. The second kappa shape index (κ2) is 6.21. The van der Waals surface area contributed by atoms with Gasteiger partial charge in [-0.3, -0.25) is 0 Å². The van der Waals surface area contributed by atoms with Gasteiger partial charge in [0.2, 0.25) is 0 Å². The van der Waals surface area contributed by atoms with Crippen LogP contribution in [0.25, 0.3) is 0 Å². The van der Waals surface area contributed by atoms with Crippen molar-refractivity contribution in [2.75, 3.05) is 0 Å². The van der Waals surface area contributed by atoms with Crippen LogP contribution in [-0.4, -0.2) is 11.1 Å². The summed E-state index contributed by atoms with van der Waals surface area (Å²) in [6.45, 7) is 0. The maximum absolute atomic E-state index is 13.7. The van der Waals surface area contributed by atoms with E-state index in [0.717, 1.165) is 15.4 Å². The highest BCUT2D eigenvalue weighted by molar-refractivity contribution is 9.10. The number of hydrogen-bond acceptors (Lipinski definition) is 2. The molecular formula is C14H10BrFO2S. The SMILES string of the molecule is O=C(O)c1ccc(CSc2ccccc2Br)c(F)c1. The van der Waals surface area contributed by atoms with Crippen LogP contribution >= 0.6 is 27.7 Å². The summed E-state index contributed by atoms with van der Waals surface area (Å²) in [5.74, 6) is -1.16. The van der Waals surface area contributed by atoms with E-state index in [-0.39, 0.29) is 5.56 Å². The summed E-state index contributed by atoms with van der Waals surface area (Å²) in [4.78, 5) is 11.7. The third-order valence-corrected chi connectivity index (χ3v) is 4.60. The molecule has 0 aliphatic rings. The predicted octanol–water partition coefficient (Wildman–Crippen LogP) is 4.58. The monoisotopic (exact) mass is 340 g/mol. The van der Waals surface area contributed by atoms with E-state index in [2.05, 4.69) is 15.9 Å². The molecule has 2 rings (SSSR count). The molecule has 0 amide bonds. The lowest BCUT2D eigenvalue weighted by molar-refractivity contribution is 0.0696. The molecular weight excluding hydrogens is 331 g/mol. The minimum Gasteiger partial charge on any atom is -0.478 e. The number of carbonyl (C=O) groups is 1. The smallest absolute Gasteiger partial charge is 0.335 e. The fourth-order valence-corrected chi connectivity index (χ4v) is 3.07. The summed E-state index contributed by atoms with van der Waals surface area (Å²) in [5.41, 5.74) is 0.456. The van der Waals surface area contributed by atoms with E-state index in [9.17, 15) is 9.18 Å². The van der Waals surface area contributed by atoms with Crippen LogP contribution in [0.3, 0.4) is 0 Å². The molecule has 0 spiro atoms. The second-order valence-corrected chi connectivity index (χ2v) is 5.70. The summed E-state index contributed by atoms with van der Waals surface area (Å²) < 4.78 is 14.7. The Hall–Kier alpha value is -1.33. The molecule has 0 saturated carbocycles. The Morgan fingerprint density at radius 3 is 2.63 bits per heavy atom.